The van der Waals surface area contributed by atoms with E-state index in [0.717, 1.165) is 0 Å². The maximum absolute atomic E-state index is 10.1. The second-order valence-electron chi connectivity index (χ2n) is 1.53. The third kappa shape index (κ3) is 4.95. The Hall–Kier alpha value is 0.620. The Morgan fingerprint density at radius 2 is 1.73 bits per heavy atom. The van der Waals surface area contributed by atoms with E-state index in [4.69, 9.17) is 5.21 Å². The van der Waals surface area contributed by atoms with Crippen LogP contribution >= 0.6 is 0 Å². The summed E-state index contributed by atoms with van der Waals surface area (Å²) in [6, 6.07) is 8.75. The summed E-state index contributed by atoms with van der Waals surface area (Å²) in [7, 11) is 0. The molecule has 0 fully saturated rings. The molecule has 0 atom stereocenters. The van der Waals surface area contributed by atoms with Crippen LogP contribution in [0, 0.1) is 11.0 Å². The molecule has 0 aliphatic heterocycles. The van der Waals surface area contributed by atoms with Crippen LogP contribution in [0.2, 0.25) is 0 Å². The zero-order valence-corrected chi connectivity index (χ0v) is 4.61. The number of hydrogen-bond acceptors (Lipinski definition) is 1. The van der Waals surface area contributed by atoms with Crippen molar-refractivity contribution in [3.05, 3.63) is 35.2 Å². The Kier molecular flexibility index (Phi) is 9.37. The van der Waals surface area contributed by atoms with E-state index in [1.165, 1.54) is 12.1 Å². The van der Waals surface area contributed by atoms with Crippen LogP contribution in [0.15, 0.2) is 24.3 Å². The van der Waals surface area contributed by atoms with Crippen LogP contribution in [0.5, 0.6) is 0 Å². The predicted octanol–water partition coefficient (Wildman–Crippen LogP) is -0.0106. The second-order valence-corrected chi connectivity index (χ2v) is 1.53. The molecule has 0 aliphatic rings. The van der Waals surface area contributed by atoms with E-state index in [1.54, 1.807) is 12.1 Å². The van der Waals surface area contributed by atoms with Crippen molar-refractivity contribution >= 4 is 64.8 Å². The van der Waals surface area contributed by atoms with Crippen molar-refractivity contribution in [2.24, 2.45) is 0 Å². The fourth-order valence-corrected chi connectivity index (χ4v) is 0.506. The average Bonchev–Trinajstić information content (AvgIpc) is 1.90. The maximum atomic E-state index is 10.1. The molecule has 0 saturated carbocycles. The van der Waals surface area contributed by atoms with Gasteiger partial charge in [-0.1, -0.05) is 0 Å². The molecule has 1 N–H and O–H groups in total. The summed E-state index contributed by atoms with van der Waals surface area (Å²) >= 11 is 0. The SMILES string of the molecule is O=[N+](O)c1cc[c]cc1.[NaH].[NaH]. The van der Waals surface area contributed by atoms with E-state index in [0.29, 0.717) is 0 Å². The van der Waals surface area contributed by atoms with Gasteiger partial charge in [0.15, 0.2) is 0 Å². The van der Waals surface area contributed by atoms with Crippen molar-refractivity contribution in [2.75, 3.05) is 0 Å². The van der Waals surface area contributed by atoms with Crippen LogP contribution in [0.3, 0.4) is 0 Å². The summed E-state index contributed by atoms with van der Waals surface area (Å²) in [5.74, 6) is 0. The van der Waals surface area contributed by atoms with E-state index in [2.05, 4.69) is 6.07 Å². The van der Waals surface area contributed by atoms with Crippen LogP contribution in [0.25, 0.3) is 0 Å². The molecule has 49 valence electrons. The van der Waals surface area contributed by atoms with E-state index in [-0.39, 0.29) is 69.7 Å². The third-order valence-corrected chi connectivity index (χ3v) is 0.922. The zero-order valence-electron chi connectivity index (χ0n) is 4.61. The monoisotopic (exact) mass is 171 g/mol. The van der Waals surface area contributed by atoms with Crippen molar-refractivity contribution in [2.45, 2.75) is 0 Å². The summed E-state index contributed by atoms with van der Waals surface area (Å²) < 4.78 is 0. The van der Waals surface area contributed by atoms with Gasteiger partial charge >= 0.3 is 64.8 Å². The molecule has 0 unspecified atom stereocenters. The molecule has 0 heterocycles. The first kappa shape index (κ1) is 14.2. The first-order chi connectivity index (χ1) is 4.30. The molecule has 0 aromatic heterocycles. The molecular formula is C6H7NNa2O2+. The van der Waals surface area contributed by atoms with Gasteiger partial charge in [0.05, 0.1) is 4.91 Å². The fourth-order valence-electron chi connectivity index (χ4n) is 0.506. The number of benzene rings is 1. The zero-order chi connectivity index (χ0) is 6.69. The molecule has 0 saturated heterocycles. The Morgan fingerprint density at radius 3 is 2.00 bits per heavy atom. The normalized spacial score (nSPS) is 7.27. The molecule has 1 rings (SSSR count). The van der Waals surface area contributed by atoms with Gasteiger partial charge in [0.25, 0.3) is 4.92 Å². The Labute approximate surface area is 109 Å². The van der Waals surface area contributed by atoms with Crippen LogP contribution in [0.4, 0.5) is 5.69 Å². The third-order valence-electron chi connectivity index (χ3n) is 0.922. The molecule has 0 bridgehead atoms. The minimum absolute atomic E-state index is 0. The second kappa shape index (κ2) is 7.28. The molecule has 11 heavy (non-hydrogen) atoms. The molecule has 0 spiro atoms. The van der Waals surface area contributed by atoms with Crippen molar-refractivity contribution in [1.82, 2.24) is 0 Å². The van der Waals surface area contributed by atoms with Gasteiger partial charge in [-0.15, -0.1) is 0 Å². The van der Waals surface area contributed by atoms with Crippen molar-refractivity contribution in [3.8, 4) is 0 Å². The predicted molar refractivity (Wildman–Crippen MR) is 44.6 cm³/mol. The van der Waals surface area contributed by atoms with Gasteiger partial charge in [-0.05, 0) is 18.2 Å². The standard InChI is InChI=1S/C6H5NO2.2Na.2H/c8-7(9)6-4-2-1-3-5-6;;;;/h2-5H,(H,8,9);;;;/q+1;;;;. The number of nitrogens with zero attached hydrogens (tertiary/aromatic N) is 1. The summed E-state index contributed by atoms with van der Waals surface area (Å²) in [6.45, 7) is 0. The summed E-state index contributed by atoms with van der Waals surface area (Å²) in [4.78, 5) is 9.92. The van der Waals surface area contributed by atoms with Gasteiger partial charge in [0.1, 0.15) is 0 Å². The fraction of sp³-hybridized carbons (Fsp3) is 0. The van der Waals surface area contributed by atoms with E-state index >= 15 is 0 Å². The number of hydrogen-bond donors (Lipinski definition) is 1. The first-order valence-electron chi connectivity index (χ1n) is 2.43. The van der Waals surface area contributed by atoms with Crippen LogP contribution < -0.4 is 0 Å². The Morgan fingerprint density at radius 1 is 1.27 bits per heavy atom. The van der Waals surface area contributed by atoms with Gasteiger partial charge in [-0.25, -0.2) is 5.21 Å². The quantitative estimate of drug-likeness (QED) is 0.476. The average molecular weight is 171 g/mol. The van der Waals surface area contributed by atoms with Crippen molar-refractivity contribution in [1.29, 1.82) is 0 Å². The van der Waals surface area contributed by atoms with Gasteiger partial charge in [-0.2, -0.15) is 0 Å². The Bertz CT molecular complexity index is 215. The van der Waals surface area contributed by atoms with Gasteiger partial charge < -0.3 is 0 Å². The van der Waals surface area contributed by atoms with Gasteiger partial charge in [0.2, 0.25) is 0 Å². The van der Waals surface area contributed by atoms with Gasteiger partial charge in [0, 0.05) is 12.1 Å². The molecule has 3 nitrogen and oxygen atoms in total. The summed E-state index contributed by atoms with van der Waals surface area (Å²) in [6.07, 6.45) is 0. The first-order valence-corrected chi connectivity index (χ1v) is 2.43. The van der Waals surface area contributed by atoms with E-state index in [9.17, 15) is 4.91 Å². The molecule has 1 aromatic rings. The van der Waals surface area contributed by atoms with Crippen LogP contribution in [-0.2, 0) is 0 Å². The molecule has 5 heteroatoms. The van der Waals surface area contributed by atoms with E-state index < -0.39 is 0 Å². The summed E-state index contributed by atoms with van der Waals surface area (Å²) in [5.41, 5.74) is 0.216. The molecule has 0 aliphatic carbocycles. The summed E-state index contributed by atoms with van der Waals surface area (Å²) in [5, 5.41) is 8.29. The molecule has 1 radical (unpaired) electrons. The van der Waals surface area contributed by atoms with Crippen LogP contribution in [0.1, 0.15) is 0 Å². The van der Waals surface area contributed by atoms with Crippen molar-refractivity contribution < 1.29 is 10.1 Å². The molecular weight excluding hydrogens is 164 g/mol. The number of rotatable bonds is 1. The van der Waals surface area contributed by atoms with Gasteiger partial charge in [-0.3, -0.25) is 0 Å². The minimum atomic E-state index is -0.187. The molecule has 1 aromatic carbocycles. The molecule has 0 amide bonds. The van der Waals surface area contributed by atoms with Crippen LogP contribution in [-0.4, -0.2) is 69.2 Å². The van der Waals surface area contributed by atoms with E-state index in [1.807, 2.05) is 0 Å². The Balaban J connectivity index is 0. The topological polar surface area (TPSA) is 40.3 Å². The van der Waals surface area contributed by atoms with Crippen molar-refractivity contribution in [3.63, 3.8) is 0 Å².